The van der Waals surface area contributed by atoms with Crippen molar-refractivity contribution >= 4 is 6.72 Å². The average molecular weight is 178 g/mol. The molecule has 1 heterocycles. The number of hydrogen-bond acceptors (Lipinski definition) is 2. The largest absolute Gasteiger partial charge is 0.367 e. The number of allylic oxidation sites excluding steroid dienone is 2. The molecule has 0 saturated carbocycles. The first-order chi connectivity index (χ1) is 6.19. The van der Waals surface area contributed by atoms with E-state index in [1.54, 1.807) is 0 Å². The van der Waals surface area contributed by atoms with Crippen LogP contribution in [0.5, 0.6) is 0 Å². The Kier molecular flexibility index (Phi) is 3.29. The number of nitrogens with zero attached hydrogens (tertiary/aromatic N) is 1. The van der Waals surface area contributed by atoms with Crippen LogP contribution in [-0.4, -0.2) is 12.8 Å². The smallest absolute Gasteiger partial charge is 0.128 e. The molecule has 1 atom stereocenters. The van der Waals surface area contributed by atoms with Gasteiger partial charge in [-0.3, -0.25) is 0 Å². The van der Waals surface area contributed by atoms with Crippen LogP contribution in [0.4, 0.5) is 0 Å². The lowest BCUT2D eigenvalue weighted by atomic mass is 9.93. The molecule has 0 amide bonds. The summed E-state index contributed by atoms with van der Waals surface area (Å²) in [6.45, 7) is 11.8. The maximum absolute atomic E-state index is 3.98. The maximum Gasteiger partial charge on any atom is 0.128 e. The summed E-state index contributed by atoms with van der Waals surface area (Å²) < 4.78 is 0. The minimum absolute atomic E-state index is 0.532. The van der Waals surface area contributed by atoms with Gasteiger partial charge in [0.15, 0.2) is 0 Å². The van der Waals surface area contributed by atoms with Crippen molar-refractivity contribution in [2.45, 2.75) is 32.7 Å². The molecule has 0 radical (unpaired) electrons. The highest BCUT2D eigenvalue weighted by Gasteiger charge is 2.20. The Hall–Kier alpha value is -1.05. The van der Waals surface area contributed by atoms with Crippen molar-refractivity contribution in [3.63, 3.8) is 0 Å². The van der Waals surface area contributed by atoms with Gasteiger partial charge in [-0.1, -0.05) is 26.5 Å². The van der Waals surface area contributed by atoms with E-state index in [0.29, 0.717) is 12.0 Å². The SMILES string of the molecule is C=CC1=C(N=C)N[C@H](C(C)C)CC1. The third kappa shape index (κ3) is 2.20. The molecule has 0 fully saturated rings. The number of aliphatic imine (C=N–C) groups is 1. The number of rotatable bonds is 3. The normalized spacial score (nSPS) is 22.8. The van der Waals surface area contributed by atoms with Gasteiger partial charge in [0.05, 0.1) is 0 Å². The Labute approximate surface area is 80.4 Å². The van der Waals surface area contributed by atoms with Crippen LogP contribution in [0.2, 0.25) is 0 Å². The minimum Gasteiger partial charge on any atom is -0.367 e. The summed E-state index contributed by atoms with van der Waals surface area (Å²) in [6, 6.07) is 0.532. The molecule has 72 valence electrons. The van der Waals surface area contributed by atoms with E-state index in [4.69, 9.17) is 0 Å². The van der Waals surface area contributed by atoms with Crippen LogP contribution in [0.25, 0.3) is 0 Å². The molecule has 0 bridgehead atoms. The van der Waals surface area contributed by atoms with Crippen LogP contribution in [0.1, 0.15) is 26.7 Å². The van der Waals surface area contributed by atoms with Crippen molar-refractivity contribution in [3.05, 3.63) is 24.0 Å². The topological polar surface area (TPSA) is 24.4 Å². The Balaban J connectivity index is 2.77. The minimum atomic E-state index is 0.532. The van der Waals surface area contributed by atoms with Gasteiger partial charge in [0.25, 0.3) is 0 Å². The molecular formula is C11H18N2. The van der Waals surface area contributed by atoms with Crippen molar-refractivity contribution in [1.29, 1.82) is 0 Å². The van der Waals surface area contributed by atoms with Crippen molar-refractivity contribution in [1.82, 2.24) is 5.32 Å². The fourth-order valence-corrected chi connectivity index (χ4v) is 1.62. The van der Waals surface area contributed by atoms with Gasteiger partial charge in [-0.2, -0.15) is 0 Å². The van der Waals surface area contributed by atoms with E-state index < -0.39 is 0 Å². The number of hydrogen-bond donors (Lipinski definition) is 1. The first kappa shape index (κ1) is 10.0. The standard InChI is InChI=1S/C11H18N2/c1-5-9-6-7-10(8(2)3)13-11(9)12-4/h5,8,10,13H,1,4,6-7H2,2-3H3/t10-/m0/s1. The lowest BCUT2D eigenvalue weighted by molar-refractivity contribution is 0.387. The maximum atomic E-state index is 3.98. The van der Waals surface area contributed by atoms with E-state index in [2.05, 4.69) is 37.5 Å². The monoisotopic (exact) mass is 178 g/mol. The summed E-state index contributed by atoms with van der Waals surface area (Å²) >= 11 is 0. The van der Waals surface area contributed by atoms with Gasteiger partial charge in [0.1, 0.15) is 5.82 Å². The van der Waals surface area contributed by atoms with E-state index >= 15 is 0 Å². The molecule has 0 unspecified atom stereocenters. The van der Waals surface area contributed by atoms with Gasteiger partial charge in [-0.25, -0.2) is 4.99 Å². The van der Waals surface area contributed by atoms with Crippen molar-refractivity contribution in [2.75, 3.05) is 0 Å². The molecular weight excluding hydrogens is 160 g/mol. The second-order valence-electron chi connectivity index (χ2n) is 3.77. The Morgan fingerprint density at radius 2 is 2.31 bits per heavy atom. The second kappa shape index (κ2) is 4.26. The lowest BCUT2D eigenvalue weighted by Crippen LogP contribution is -2.36. The van der Waals surface area contributed by atoms with Gasteiger partial charge < -0.3 is 5.32 Å². The quantitative estimate of drug-likeness (QED) is 0.660. The second-order valence-corrected chi connectivity index (χ2v) is 3.77. The highest BCUT2D eigenvalue weighted by molar-refractivity contribution is 5.34. The van der Waals surface area contributed by atoms with Crippen LogP contribution >= 0.6 is 0 Å². The van der Waals surface area contributed by atoms with E-state index in [0.717, 1.165) is 18.7 Å². The lowest BCUT2D eigenvalue weighted by Gasteiger charge is -2.29. The van der Waals surface area contributed by atoms with Gasteiger partial charge in [-0.15, -0.1) is 0 Å². The predicted octanol–water partition coefficient (Wildman–Crippen LogP) is 2.49. The summed E-state index contributed by atoms with van der Waals surface area (Å²) in [6.07, 6.45) is 4.10. The molecule has 13 heavy (non-hydrogen) atoms. The molecule has 1 aliphatic heterocycles. The zero-order chi connectivity index (χ0) is 9.84. The van der Waals surface area contributed by atoms with Crippen LogP contribution in [0.3, 0.4) is 0 Å². The summed E-state index contributed by atoms with van der Waals surface area (Å²) in [7, 11) is 0. The zero-order valence-corrected chi connectivity index (χ0v) is 8.51. The third-order valence-corrected chi connectivity index (χ3v) is 2.56. The molecule has 2 heteroatoms. The van der Waals surface area contributed by atoms with Gasteiger partial charge in [-0.05, 0) is 31.1 Å². The zero-order valence-electron chi connectivity index (χ0n) is 8.51. The molecule has 0 aromatic carbocycles. The number of nitrogens with one attached hydrogen (secondary N) is 1. The summed E-state index contributed by atoms with van der Waals surface area (Å²) in [5.41, 5.74) is 1.19. The van der Waals surface area contributed by atoms with Crippen molar-refractivity contribution in [2.24, 2.45) is 10.9 Å². The first-order valence-corrected chi connectivity index (χ1v) is 4.78. The van der Waals surface area contributed by atoms with E-state index in [-0.39, 0.29) is 0 Å². The first-order valence-electron chi connectivity index (χ1n) is 4.78. The molecule has 0 aromatic rings. The molecule has 1 rings (SSSR count). The van der Waals surface area contributed by atoms with Crippen LogP contribution in [0, 0.1) is 5.92 Å². The van der Waals surface area contributed by atoms with E-state index in [1.807, 2.05) is 6.08 Å². The Bertz CT molecular complexity index is 238. The van der Waals surface area contributed by atoms with E-state index in [9.17, 15) is 0 Å². The summed E-state index contributed by atoms with van der Waals surface area (Å²) in [5.74, 6) is 1.56. The van der Waals surface area contributed by atoms with Crippen LogP contribution < -0.4 is 5.32 Å². The third-order valence-electron chi connectivity index (χ3n) is 2.56. The fraction of sp³-hybridized carbons (Fsp3) is 0.545. The molecule has 1 aliphatic rings. The van der Waals surface area contributed by atoms with Crippen LogP contribution in [-0.2, 0) is 0 Å². The highest BCUT2D eigenvalue weighted by Crippen LogP contribution is 2.23. The molecule has 0 aliphatic carbocycles. The Morgan fingerprint density at radius 3 is 2.77 bits per heavy atom. The average Bonchev–Trinajstić information content (AvgIpc) is 2.16. The van der Waals surface area contributed by atoms with Crippen LogP contribution in [0.15, 0.2) is 29.0 Å². The van der Waals surface area contributed by atoms with Crippen molar-refractivity contribution in [3.8, 4) is 0 Å². The van der Waals surface area contributed by atoms with Crippen molar-refractivity contribution < 1.29 is 0 Å². The molecule has 0 spiro atoms. The van der Waals surface area contributed by atoms with E-state index in [1.165, 1.54) is 5.57 Å². The molecule has 1 N–H and O–H groups in total. The fourth-order valence-electron chi connectivity index (χ4n) is 1.62. The molecule has 0 aromatic heterocycles. The van der Waals surface area contributed by atoms with Gasteiger partial charge in [0.2, 0.25) is 0 Å². The molecule has 0 saturated heterocycles. The van der Waals surface area contributed by atoms with Gasteiger partial charge in [0, 0.05) is 6.04 Å². The predicted molar refractivity (Wildman–Crippen MR) is 57.8 cm³/mol. The summed E-state index contributed by atoms with van der Waals surface area (Å²) in [5, 5.41) is 3.38. The summed E-state index contributed by atoms with van der Waals surface area (Å²) in [4.78, 5) is 3.98. The Morgan fingerprint density at radius 1 is 1.62 bits per heavy atom. The molecule has 2 nitrogen and oxygen atoms in total. The highest BCUT2D eigenvalue weighted by atomic mass is 15.1. The van der Waals surface area contributed by atoms with Gasteiger partial charge >= 0.3 is 0 Å².